The van der Waals surface area contributed by atoms with Crippen LogP contribution in [-0.2, 0) is 46.4 Å². The van der Waals surface area contributed by atoms with E-state index in [0.717, 1.165) is 16.7 Å². The number of esters is 1. The Morgan fingerprint density at radius 3 is 2.31 bits per heavy atom. The Labute approximate surface area is 283 Å². The second kappa shape index (κ2) is 15.2. The molecular weight excluding hydrogens is 620 g/mol. The lowest BCUT2D eigenvalue weighted by Gasteiger charge is -2.38. The van der Waals surface area contributed by atoms with Crippen LogP contribution < -0.4 is 10.6 Å². The number of rotatable bonds is 11. The van der Waals surface area contributed by atoms with Crippen molar-refractivity contribution < 1.29 is 42.9 Å². The van der Waals surface area contributed by atoms with Crippen LogP contribution in [0.2, 0.25) is 0 Å². The first kappa shape index (κ1) is 38.1. The van der Waals surface area contributed by atoms with Crippen molar-refractivity contribution in [2.45, 2.75) is 97.3 Å². The molecule has 4 amide bonds. The van der Waals surface area contributed by atoms with Gasteiger partial charge in [0.05, 0.1) is 33.4 Å². The summed E-state index contributed by atoms with van der Waals surface area (Å²) in [7, 11) is 1.21. The second-order valence-corrected chi connectivity index (χ2v) is 14.4. The zero-order valence-corrected chi connectivity index (χ0v) is 29.3. The van der Waals surface area contributed by atoms with Gasteiger partial charge in [-0.25, -0.2) is 14.4 Å². The second-order valence-electron chi connectivity index (χ2n) is 14.4. The number of nitrogens with zero attached hydrogens (tertiary/aromatic N) is 2. The van der Waals surface area contributed by atoms with Gasteiger partial charge in [0, 0.05) is 13.0 Å². The molecule has 2 N–H and O–H groups in total. The average Bonchev–Trinajstić information content (AvgIpc) is 3.62. The van der Waals surface area contributed by atoms with Crippen molar-refractivity contribution >= 4 is 36.0 Å². The fraction of sp³-hybridized carbons (Fsp3) is 0.571. The van der Waals surface area contributed by atoms with Gasteiger partial charge in [-0.15, -0.1) is 6.58 Å². The normalized spacial score (nSPS) is 19.3. The van der Waals surface area contributed by atoms with Crippen molar-refractivity contribution in [2.75, 3.05) is 26.9 Å². The highest BCUT2D eigenvalue weighted by Gasteiger charge is 2.48. The molecule has 0 radical (unpaired) electrons. The first-order valence-corrected chi connectivity index (χ1v) is 15.9. The highest BCUT2D eigenvalue weighted by molar-refractivity contribution is 5.95. The number of methoxy groups -OCH3 is 1. The summed E-state index contributed by atoms with van der Waals surface area (Å²) in [5.74, 6) is -1.98. The van der Waals surface area contributed by atoms with E-state index in [9.17, 15) is 24.0 Å². The number of fused-ring (bicyclic) bond motifs is 1. The predicted molar refractivity (Wildman–Crippen MR) is 178 cm³/mol. The minimum absolute atomic E-state index is 0.0148. The van der Waals surface area contributed by atoms with Gasteiger partial charge in [0.25, 0.3) is 0 Å². The molecule has 1 fully saturated rings. The van der Waals surface area contributed by atoms with Gasteiger partial charge in [0.1, 0.15) is 29.3 Å². The molecule has 1 aromatic carbocycles. The molecule has 13 nitrogen and oxygen atoms in total. The smallest absolute Gasteiger partial charge is 0.410 e. The van der Waals surface area contributed by atoms with E-state index in [-0.39, 0.29) is 26.2 Å². The van der Waals surface area contributed by atoms with Crippen molar-refractivity contribution in [1.82, 2.24) is 20.4 Å². The molecule has 48 heavy (non-hydrogen) atoms. The fourth-order valence-electron chi connectivity index (χ4n) is 5.61. The Morgan fingerprint density at radius 1 is 1.04 bits per heavy atom. The number of likely N-dealkylation sites (tertiary alicyclic amines) is 1. The summed E-state index contributed by atoms with van der Waals surface area (Å²) in [6.45, 7) is 19.7. The highest BCUT2D eigenvalue weighted by atomic mass is 16.6. The number of benzene rings is 1. The predicted octanol–water partition coefficient (Wildman–Crippen LogP) is 3.94. The maximum Gasteiger partial charge on any atom is 0.410 e. The quantitative estimate of drug-likeness (QED) is 0.154. The Balaban J connectivity index is 1.81. The largest absolute Gasteiger partial charge is 0.467 e. The van der Waals surface area contributed by atoms with Crippen molar-refractivity contribution in [3.63, 3.8) is 0 Å². The van der Waals surface area contributed by atoms with E-state index >= 15 is 0 Å². The van der Waals surface area contributed by atoms with E-state index in [2.05, 4.69) is 23.8 Å². The first-order valence-electron chi connectivity index (χ1n) is 15.9. The highest BCUT2D eigenvalue weighted by Crippen LogP contribution is 2.31. The first-order chi connectivity index (χ1) is 22.3. The van der Waals surface area contributed by atoms with Crippen LogP contribution in [0.3, 0.4) is 0 Å². The van der Waals surface area contributed by atoms with Crippen molar-refractivity contribution in [3.05, 3.63) is 54.1 Å². The summed E-state index contributed by atoms with van der Waals surface area (Å²) in [6, 6.07) is 3.54. The maximum absolute atomic E-state index is 14.2. The third kappa shape index (κ3) is 9.36. The van der Waals surface area contributed by atoms with Crippen LogP contribution in [0.5, 0.6) is 0 Å². The number of nitrogens with one attached hydrogen (secondary N) is 2. The van der Waals surface area contributed by atoms with Crippen LogP contribution in [0, 0.1) is 5.41 Å². The molecule has 0 bridgehead atoms. The van der Waals surface area contributed by atoms with E-state index in [1.54, 1.807) is 52.5 Å². The molecule has 264 valence electrons. The summed E-state index contributed by atoms with van der Waals surface area (Å²) < 4.78 is 21.8. The zero-order chi connectivity index (χ0) is 36.0. The number of hydrogen-bond donors (Lipinski definition) is 2. The van der Waals surface area contributed by atoms with Gasteiger partial charge in [-0.3, -0.25) is 14.5 Å². The number of carbonyl (C=O) groups is 5. The fourth-order valence-corrected chi connectivity index (χ4v) is 5.61. The topological polar surface area (TPSA) is 153 Å². The lowest BCUT2D eigenvalue weighted by atomic mass is 9.84. The molecule has 2 aliphatic heterocycles. The van der Waals surface area contributed by atoms with E-state index < -0.39 is 64.7 Å². The molecule has 1 saturated heterocycles. The Bertz CT molecular complexity index is 1410. The molecule has 0 saturated carbocycles. The van der Waals surface area contributed by atoms with Gasteiger partial charge in [0.2, 0.25) is 11.8 Å². The third-order valence-corrected chi connectivity index (χ3v) is 8.08. The van der Waals surface area contributed by atoms with Gasteiger partial charge in [-0.1, -0.05) is 57.7 Å². The summed E-state index contributed by atoms with van der Waals surface area (Å²) >= 11 is 0. The van der Waals surface area contributed by atoms with Crippen LogP contribution in [0.15, 0.2) is 37.4 Å². The molecule has 2 heterocycles. The van der Waals surface area contributed by atoms with Gasteiger partial charge >= 0.3 is 18.2 Å². The van der Waals surface area contributed by atoms with Gasteiger partial charge in [0.15, 0.2) is 0 Å². The number of carbonyl (C=O) groups excluding carboxylic acids is 5. The van der Waals surface area contributed by atoms with Crippen LogP contribution >= 0.6 is 0 Å². The summed E-state index contributed by atoms with van der Waals surface area (Å²) in [6.07, 6.45) is 1.02. The Morgan fingerprint density at radius 2 is 1.73 bits per heavy atom. The number of ether oxygens (including phenoxy) is 4. The summed E-state index contributed by atoms with van der Waals surface area (Å²) in [4.78, 5) is 69.9. The molecule has 0 aromatic heterocycles. The molecule has 1 aromatic rings. The third-order valence-electron chi connectivity index (χ3n) is 8.08. The van der Waals surface area contributed by atoms with E-state index in [0.29, 0.717) is 13.1 Å². The molecule has 3 rings (SSSR count). The zero-order valence-electron chi connectivity index (χ0n) is 29.3. The van der Waals surface area contributed by atoms with Crippen molar-refractivity contribution in [2.24, 2.45) is 5.41 Å². The van der Waals surface area contributed by atoms with Crippen LogP contribution in [-0.4, -0.2) is 96.0 Å². The van der Waals surface area contributed by atoms with E-state index in [1.165, 1.54) is 25.0 Å². The van der Waals surface area contributed by atoms with Crippen molar-refractivity contribution in [3.8, 4) is 0 Å². The molecule has 0 aliphatic carbocycles. The molecule has 13 heteroatoms. The molecule has 1 unspecified atom stereocenters. The summed E-state index contributed by atoms with van der Waals surface area (Å²) in [5, 5.41) is 5.37. The monoisotopic (exact) mass is 670 g/mol. The van der Waals surface area contributed by atoms with Gasteiger partial charge in [-0.05, 0) is 49.8 Å². The SMILES string of the molecule is C=CCOCC(C)(NC(=O)OC(C)(C)C)C(=O)N[C@H](C(=O)N1C[C@H](OC(=O)N2Cc3cccc(C=C)c3C2)C[C@H]1C(=O)OC)C(C)(C)C. The van der Waals surface area contributed by atoms with E-state index in [4.69, 9.17) is 18.9 Å². The molecule has 2 aliphatic rings. The number of amides is 4. The van der Waals surface area contributed by atoms with Crippen LogP contribution in [0.1, 0.15) is 71.6 Å². The maximum atomic E-state index is 14.2. The number of hydrogen-bond acceptors (Lipinski definition) is 9. The van der Waals surface area contributed by atoms with Gasteiger partial charge in [-0.2, -0.15) is 0 Å². The van der Waals surface area contributed by atoms with Crippen LogP contribution in [0.25, 0.3) is 6.08 Å². The van der Waals surface area contributed by atoms with Crippen LogP contribution in [0.4, 0.5) is 9.59 Å². The summed E-state index contributed by atoms with van der Waals surface area (Å²) in [5.41, 5.74) is -0.427. The molecular formula is C35H50N4O9. The Kier molecular flexibility index (Phi) is 12.1. The lowest BCUT2D eigenvalue weighted by molar-refractivity contribution is -0.153. The minimum atomic E-state index is -1.65. The molecule has 0 spiro atoms. The standard InChI is InChI=1S/C35H50N4O9/c1-11-16-46-21-35(9,37-31(43)48-34(6,7)8)30(42)36-27(33(3,4)5)28(40)39-19-24(17-26(39)29(41)45-10)47-32(44)38-18-23-15-13-14-22(12-2)25(23)20-38/h11-15,24,26-27H,1-2,16-21H2,3-10H3,(H,36,42)(H,37,43)/t24-,26+,27-,35?/m1/s1. The van der Waals surface area contributed by atoms with E-state index in [1.807, 2.05) is 18.2 Å². The van der Waals surface area contributed by atoms with Gasteiger partial charge < -0.3 is 34.5 Å². The molecule has 4 atom stereocenters. The lowest BCUT2D eigenvalue weighted by Crippen LogP contribution is -2.65. The average molecular weight is 671 g/mol. The Hall–Kier alpha value is -4.39. The van der Waals surface area contributed by atoms with Crippen molar-refractivity contribution in [1.29, 1.82) is 0 Å². The minimum Gasteiger partial charge on any atom is -0.467 e. The number of alkyl carbamates (subject to hydrolysis) is 1.